The van der Waals surface area contributed by atoms with Gasteiger partial charge in [0.25, 0.3) is 0 Å². The third kappa shape index (κ3) is 0.998. The largest absolute Gasteiger partial charge is 0.274 e. The van der Waals surface area contributed by atoms with Gasteiger partial charge in [0.1, 0.15) is 5.52 Å². The lowest BCUT2D eigenvalue weighted by Crippen LogP contribution is -1.91. The summed E-state index contributed by atoms with van der Waals surface area (Å²) in [4.78, 5) is 0. The third-order valence-corrected chi connectivity index (χ3v) is 1.89. The lowest BCUT2D eigenvalue weighted by atomic mass is 10.2. The summed E-state index contributed by atoms with van der Waals surface area (Å²) >= 11 is 0. The fraction of sp³-hybridized carbons (Fsp3) is 0.125. The smallest absolute Gasteiger partial charge is 0.196 e. The summed E-state index contributed by atoms with van der Waals surface area (Å²) in [6, 6.07) is 0.923. The number of H-pyrrole nitrogens is 1. The molecule has 5 heteroatoms. The zero-order valence-corrected chi connectivity index (χ0v) is 6.66. The highest BCUT2D eigenvalue weighted by Gasteiger charge is 2.16. The van der Waals surface area contributed by atoms with Crippen molar-refractivity contribution in [1.29, 1.82) is 0 Å². The zero-order valence-electron chi connectivity index (χ0n) is 6.66. The van der Waals surface area contributed by atoms with Gasteiger partial charge < -0.3 is 0 Å². The number of hydrogen-bond donors (Lipinski definition) is 1. The predicted molar refractivity (Wildman–Crippen MR) is 40.7 cm³/mol. The normalized spacial score (nSPS) is 11.1. The molecule has 2 nitrogen and oxygen atoms in total. The Bertz CT molecular complexity index is 476. The molecule has 0 atom stereocenters. The summed E-state index contributed by atoms with van der Waals surface area (Å²) in [7, 11) is 0. The van der Waals surface area contributed by atoms with E-state index in [1.807, 2.05) is 0 Å². The highest BCUT2D eigenvalue weighted by molar-refractivity contribution is 5.81. The first-order chi connectivity index (χ1) is 6.11. The van der Waals surface area contributed by atoms with Gasteiger partial charge in [-0.15, -0.1) is 0 Å². The number of nitrogens with zero attached hydrogens (tertiary/aromatic N) is 1. The van der Waals surface area contributed by atoms with Crippen molar-refractivity contribution in [3.8, 4) is 0 Å². The van der Waals surface area contributed by atoms with Crippen molar-refractivity contribution in [3.05, 3.63) is 29.2 Å². The van der Waals surface area contributed by atoms with Gasteiger partial charge in [-0.2, -0.15) is 5.10 Å². The molecule has 0 aliphatic rings. The Hall–Kier alpha value is -1.52. The van der Waals surface area contributed by atoms with Gasteiger partial charge in [0.15, 0.2) is 17.5 Å². The van der Waals surface area contributed by atoms with Crippen LogP contribution >= 0.6 is 0 Å². The average molecular weight is 186 g/mol. The van der Waals surface area contributed by atoms with Gasteiger partial charge in [-0.05, 0) is 13.0 Å². The highest BCUT2D eigenvalue weighted by Crippen LogP contribution is 2.22. The fourth-order valence-corrected chi connectivity index (χ4v) is 1.19. The number of aromatic nitrogens is 2. The van der Waals surface area contributed by atoms with E-state index in [-0.39, 0.29) is 10.9 Å². The van der Waals surface area contributed by atoms with Crippen molar-refractivity contribution in [1.82, 2.24) is 10.2 Å². The van der Waals surface area contributed by atoms with Crippen LogP contribution in [0.3, 0.4) is 0 Å². The number of aromatic amines is 1. The Kier molecular flexibility index (Phi) is 1.55. The minimum absolute atomic E-state index is 0.101. The van der Waals surface area contributed by atoms with E-state index < -0.39 is 17.5 Å². The molecule has 2 rings (SSSR count). The summed E-state index contributed by atoms with van der Waals surface area (Å²) in [6.45, 7) is 1.58. The van der Waals surface area contributed by atoms with Crippen molar-refractivity contribution < 1.29 is 13.2 Å². The van der Waals surface area contributed by atoms with Gasteiger partial charge in [0, 0.05) is 5.39 Å². The molecule has 2 aromatic rings. The molecule has 0 unspecified atom stereocenters. The summed E-state index contributed by atoms with van der Waals surface area (Å²) in [5.74, 6) is -3.90. The second kappa shape index (κ2) is 2.48. The van der Waals surface area contributed by atoms with E-state index in [2.05, 4.69) is 10.2 Å². The summed E-state index contributed by atoms with van der Waals surface area (Å²) < 4.78 is 38.4. The lowest BCUT2D eigenvalue weighted by Gasteiger charge is -1.96. The van der Waals surface area contributed by atoms with E-state index in [1.54, 1.807) is 6.92 Å². The fourth-order valence-electron chi connectivity index (χ4n) is 1.19. The Labute approximate surface area is 71.4 Å². The average Bonchev–Trinajstić information content (AvgIpc) is 2.45. The molecule has 0 spiro atoms. The quantitative estimate of drug-likeness (QED) is 0.628. The number of rotatable bonds is 0. The van der Waals surface area contributed by atoms with E-state index in [9.17, 15) is 13.2 Å². The van der Waals surface area contributed by atoms with Crippen LogP contribution in [-0.4, -0.2) is 10.2 Å². The molecule has 1 aromatic heterocycles. The first-order valence-electron chi connectivity index (χ1n) is 3.59. The van der Waals surface area contributed by atoms with Gasteiger partial charge in [0.05, 0.1) is 5.69 Å². The Morgan fingerprint density at radius 1 is 1.23 bits per heavy atom. The standard InChI is InChI=1S/C8H5F3N2/c1-3-4-2-5(9)6(10)7(11)8(4)13-12-3/h2H,1H3,(H,12,13). The SMILES string of the molecule is Cc1n[nH]c2c(F)c(F)c(F)cc12. The van der Waals surface area contributed by atoms with Crippen LogP contribution in [0.1, 0.15) is 5.69 Å². The molecule has 1 heterocycles. The molecular weight excluding hydrogens is 181 g/mol. The Morgan fingerprint density at radius 2 is 1.92 bits per heavy atom. The number of aryl methyl sites for hydroxylation is 1. The molecule has 13 heavy (non-hydrogen) atoms. The number of halogens is 3. The molecule has 0 radical (unpaired) electrons. The topological polar surface area (TPSA) is 28.7 Å². The van der Waals surface area contributed by atoms with Gasteiger partial charge in [-0.3, -0.25) is 5.10 Å². The molecule has 0 aliphatic heterocycles. The number of hydrogen-bond acceptors (Lipinski definition) is 1. The first kappa shape index (κ1) is 8.10. The molecule has 1 aromatic carbocycles. The molecule has 0 aliphatic carbocycles. The first-order valence-corrected chi connectivity index (χ1v) is 3.59. The van der Waals surface area contributed by atoms with Crippen LogP contribution in [0, 0.1) is 24.4 Å². The molecule has 0 fully saturated rings. The van der Waals surface area contributed by atoms with E-state index in [0.29, 0.717) is 5.69 Å². The zero-order chi connectivity index (χ0) is 9.59. The van der Waals surface area contributed by atoms with Crippen molar-refractivity contribution in [3.63, 3.8) is 0 Å². The summed E-state index contributed by atoms with van der Waals surface area (Å²) in [5.41, 5.74) is 0.337. The van der Waals surface area contributed by atoms with Crippen LogP contribution in [0.5, 0.6) is 0 Å². The van der Waals surface area contributed by atoms with E-state index in [4.69, 9.17) is 0 Å². The molecule has 1 N–H and O–H groups in total. The van der Waals surface area contributed by atoms with Crippen LogP contribution in [0.2, 0.25) is 0 Å². The molecule has 0 amide bonds. The van der Waals surface area contributed by atoms with Crippen molar-refractivity contribution in [2.24, 2.45) is 0 Å². The van der Waals surface area contributed by atoms with Gasteiger partial charge in [-0.25, -0.2) is 13.2 Å². The predicted octanol–water partition coefficient (Wildman–Crippen LogP) is 2.29. The molecule has 68 valence electrons. The minimum atomic E-state index is -1.48. The minimum Gasteiger partial charge on any atom is -0.274 e. The molecule has 0 saturated carbocycles. The Balaban J connectivity index is 2.96. The van der Waals surface area contributed by atoms with Crippen LogP contribution < -0.4 is 0 Å². The number of nitrogens with one attached hydrogen (secondary N) is 1. The van der Waals surface area contributed by atoms with Gasteiger partial charge >= 0.3 is 0 Å². The summed E-state index contributed by atoms with van der Waals surface area (Å²) in [6.07, 6.45) is 0. The van der Waals surface area contributed by atoms with Crippen molar-refractivity contribution >= 4 is 10.9 Å². The van der Waals surface area contributed by atoms with Crippen LogP contribution in [-0.2, 0) is 0 Å². The van der Waals surface area contributed by atoms with Crippen LogP contribution in [0.4, 0.5) is 13.2 Å². The number of benzene rings is 1. The molecule has 0 bridgehead atoms. The van der Waals surface area contributed by atoms with Crippen molar-refractivity contribution in [2.45, 2.75) is 6.92 Å². The van der Waals surface area contributed by atoms with E-state index in [0.717, 1.165) is 6.07 Å². The second-order valence-corrected chi connectivity index (χ2v) is 2.72. The Morgan fingerprint density at radius 3 is 2.62 bits per heavy atom. The van der Waals surface area contributed by atoms with Crippen LogP contribution in [0.25, 0.3) is 10.9 Å². The molecule has 0 saturated heterocycles. The van der Waals surface area contributed by atoms with E-state index >= 15 is 0 Å². The number of fused-ring (bicyclic) bond motifs is 1. The second-order valence-electron chi connectivity index (χ2n) is 2.72. The monoisotopic (exact) mass is 186 g/mol. The third-order valence-electron chi connectivity index (χ3n) is 1.89. The maximum atomic E-state index is 13.0. The maximum absolute atomic E-state index is 13.0. The highest BCUT2D eigenvalue weighted by atomic mass is 19.2. The lowest BCUT2D eigenvalue weighted by molar-refractivity contribution is 0.452. The van der Waals surface area contributed by atoms with Gasteiger partial charge in [0.2, 0.25) is 0 Å². The maximum Gasteiger partial charge on any atom is 0.196 e. The molecular formula is C8H5F3N2. The van der Waals surface area contributed by atoms with Gasteiger partial charge in [-0.1, -0.05) is 0 Å². The van der Waals surface area contributed by atoms with Crippen molar-refractivity contribution in [2.75, 3.05) is 0 Å². The summed E-state index contributed by atoms with van der Waals surface area (Å²) in [5, 5.41) is 6.19. The van der Waals surface area contributed by atoms with Crippen LogP contribution in [0.15, 0.2) is 6.07 Å². The van der Waals surface area contributed by atoms with E-state index in [1.165, 1.54) is 0 Å².